The average molecular weight is 310 g/mol. The molecule has 0 rings (SSSR count). The van der Waals surface area contributed by atoms with Gasteiger partial charge in [0.25, 0.3) is 0 Å². The predicted molar refractivity (Wildman–Crippen MR) is 78.6 cm³/mol. The van der Waals surface area contributed by atoms with Crippen LogP contribution in [0.4, 0.5) is 4.79 Å². The second-order valence-electron chi connectivity index (χ2n) is 5.67. The second-order valence-corrected chi connectivity index (χ2v) is 5.67. The smallest absolute Gasteiger partial charge is 0.540 e. The molecule has 114 valence electrons. The van der Waals surface area contributed by atoms with E-state index in [0.717, 1.165) is 25.7 Å². The number of nitrogens with one attached hydrogen (secondary N) is 1. The quantitative estimate of drug-likeness (QED) is 0.555. The Morgan fingerprint density at radius 1 is 1.20 bits per heavy atom. The fourth-order valence-corrected chi connectivity index (χ4v) is 1.63. The third-order valence-electron chi connectivity index (χ3n) is 2.74. The van der Waals surface area contributed by atoms with Gasteiger partial charge in [0.1, 0.15) is 6.10 Å². The van der Waals surface area contributed by atoms with E-state index in [-0.39, 0.29) is 70.3 Å². The molecular weight excluding hydrogens is 281 g/mol. The van der Waals surface area contributed by atoms with Crippen LogP contribution in [0, 0.1) is 12.8 Å². The van der Waals surface area contributed by atoms with Gasteiger partial charge in [-0.1, -0.05) is 53.5 Å². The summed E-state index contributed by atoms with van der Waals surface area (Å²) in [6.07, 6.45) is 4.91. The van der Waals surface area contributed by atoms with E-state index < -0.39 is 12.1 Å². The number of carbonyl (C=O) groups is 1. The van der Waals surface area contributed by atoms with Gasteiger partial charge in [0.15, 0.2) is 0 Å². The number of hydrogen-bond donors (Lipinski definition) is 1. The molecule has 0 heterocycles. The molecule has 1 N–H and O–H groups in total. The minimum absolute atomic E-state index is 0. The largest absolute Gasteiger partial charge is 1.00 e. The topological polar surface area (TPSA) is 55.4 Å². The van der Waals surface area contributed by atoms with Crippen molar-refractivity contribution in [3.63, 3.8) is 0 Å². The van der Waals surface area contributed by atoms with Crippen LogP contribution >= 0.6 is 0 Å². The summed E-state index contributed by atoms with van der Waals surface area (Å²) in [4.78, 5) is 22.5. The molecule has 1 amide bonds. The van der Waals surface area contributed by atoms with E-state index in [2.05, 4.69) is 19.2 Å². The summed E-state index contributed by atoms with van der Waals surface area (Å²) in [6, 6.07) is -0.645. The van der Waals surface area contributed by atoms with Gasteiger partial charge in [-0.05, 0) is 18.3 Å². The monoisotopic (exact) mass is 310 g/mol. The summed E-state index contributed by atoms with van der Waals surface area (Å²) in [5.74, 6) is 0. The molecular formula is C15H29KNO3-. The zero-order valence-electron chi connectivity index (χ0n) is 14.2. The Morgan fingerprint density at radius 2 is 1.65 bits per heavy atom. The number of ether oxygens (including phenoxy) is 1. The maximum atomic E-state index is 11.7. The first-order valence-electron chi connectivity index (χ1n) is 6.69. The van der Waals surface area contributed by atoms with Crippen molar-refractivity contribution >= 4 is 12.4 Å². The van der Waals surface area contributed by atoms with Crippen molar-refractivity contribution in [3.8, 4) is 0 Å². The minimum atomic E-state index is -0.645. The average Bonchev–Trinajstić information content (AvgIpc) is 2.25. The molecule has 0 aromatic rings. The minimum Gasteiger partial charge on any atom is -0.540 e. The molecule has 0 aromatic heterocycles. The zero-order valence-corrected chi connectivity index (χ0v) is 17.3. The Bertz CT molecular complexity index is 258. The van der Waals surface area contributed by atoms with Crippen LogP contribution in [-0.4, -0.2) is 24.5 Å². The second kappa shape index (κ2) is 13.3. The summed E-state index contributed by atoms with van der Waals surface area (Å²) < 4.78 is 5.33. The molecule has 20 heavy (non-hydrogen) atoms. The third kappa shape index (κ3) is 11.3. The molecule has 0 saturated carbocycles. The molecule has 0 saturated heterocycles. The Kier molecular flexibility index (Phi) is 16.9. The van der Waals surface area contributed by atoms with Gasteiger partial charge in [-0.25, -0.2) is 11.1 Å². The van der Waals surface area contributed by atoms with Crippen LogP contribution in [-0.2, 0) is 9.53 Å². The first-order chi connectivity index (χ1) is 8.35. The summed E-state index contributed by atoms with van der Waals surface area (Å²) in [6.45, 7) is 9.73. The van der Waals surface area contributed by atoms with E-state index in [9.17, 15) is 9.59 Å². The van der Waals surface area contributed by atoms with Crippen molar-refractivity contribution in [2.45, 2.75) is 72.4 Å². The summed E-state index contributed by atoms with van der Waals surface area (Å²) in [5.41, 5.74) is -0.355. The molecule has 0 aliphatic rings. The predicted octanol–water partition coefficient (Wildman–Crippen LogP) is 0.660. The molecule has 0 bridgehead atoms. The van der Waals surface area contributed by atoms with E-state index >= 15 is 0 Å². The van der Waals surface area contributed by atoms with Crippen LogP contribution in [0.5, 0.6) is 0 Å². The number of amides is 1. The van der Waals surface area contributed by atoms with Crippen molar-refractivity contribution < 1.29 is 65.7 Å². The van der Waals surface area contributed by atoms with E-state index in [4.69, 9.17) is 4.74 Å². The van der Waals surface area contributed by atoms with E-state index in [1.807, 2.05) is 27.1 Å². The van der Waals surface area contributed by atoms with Crippen molar-refractivity contribution in [2.24, 2.45) is 5.41 Å². The number of hydrogen-bond acceptors (Lipinski definition) is 3. The fraction of sp³-hybridized carbons (Fsp3) is 0.800. The molecule has 5 heteroatoms. The molecule has 0 aliphatic heterocycles. The molecule has 0 radical (unpaired) electrons. The molecule has 0 spiro atoms. The number of rotatable bonds is 7. The normalized spacial score (nSPS) is 11.9. The van der Waals surface area contributed by atoms with Crippen molar-refractivity contribution in [3.05, 3.63) is 7.43 Å². The zero-order chi connectivity index (χ0) is 14.2. The van der Waals surface area contributed by atoms with E-state index in [1.54, 1.807) is 0 Å². The van der Waals surface area contributed by atoms with Crippen LogP contribution in [0.1, 0.15) is 60.3 Å². The van der Waals surface area contributed by atoms with Gasteiger partial charge in [-0.3, -0.25) is 0 Å². The van der Waals surface area contributed by atoms with Gasteiger partial charge in [-0.15, -0.1) is 0 Å². The number of alkyl carbamates (subject to hydrolysis) is 1. The van der Waals surface area contributed by atoms with Crippen molar-refractivity contribution in [2.75, 3.05) is 0 Å². The molecule has 4 nitrogen and oxygen atoms in total. The standard InChI is InChI=1S/C14H26NO3.CH3.K/c1-6-8-11(9-7-2)18-13(17)15-12(10-16)14(3,4)5;;/h11-12H,6-9H2,1-5H3,(H,15,17);1H3;/q2*-1;+1. The van der Waals surface area contributed by atoms with Gasteiger partial charge < -0.3 is 22.3 Å². The summed E-state index contributed by atoms with van der Waals surface area (Å²) in [5, 5.41) is 2.57. The van der Waals surface area contributed by atoms with Crippen LogP contribution in [0.15, 0.2) is 0 Å². The first kappa shape index (κ1) is 25.5. The number of carbonyl (C=O) groups excluding carboxylic acids is 2. The van der Waals surface area contributed by atoms with E-state index in [0.29, 0.717) is 0 Å². The van der Waals surface area contributed by atoms with Gasteiger partial charge in [-0.2, -0.15) is 0 Å². The van der Waals surface area contributed by atoms with Crippen LogP contribution < -0.4 is 56.7 Å². The Balaban J connectivity index is -0.00000144. The Morgan fingerprint density at radius 3 is 1.95 bits per heavy atom. The first-order valence-corrected chi connectivity index (χ1v) is 6.69. The molecule has 1 unspecified atom stereocenters. The maximum absolute atomic E-state index is 11.7. The Labute approximate surface area is 167 Å². The van der Waals surface area contributed by atoms with Gasteiger partial charge in [0.05, 0.1) is 0 Å². The van der Waals surface area contributed by atoms with Gasteiger partial charge in [0.2, 0.25) is 0 Å². The van der Waals surface area contributed by atoms with Crippen molar-refractivity contribution in [1.82, 2.24) is 5.32 Å². The van der Waals surface area contributed by atoms with Gasteiger partial charge in [0, 0.05) is 0 Å². The molecule has 0 aromatic carbocycles. The van der Waals surface area contributed by atoms with Gasteiger partial charge >= 0.3 is 57.5 Å². The SMILES string of the molecule is CCCC(CCC)OC(=O)NC([C-]=O)C(C)(C)C.[CH3-].[K+]. The molecule has 0 aliphatic carbocycles. The molecule has 0 fully saturated rings. The van der Waals surface area contributed by atoms with Crippen LogP contribution in [0.25, 0.3) is 0 Å². The van der Waals surface area contributed by atoms with Crippen LogP contribution in [0.3, 0.4) is 0 Å². The summed E-state index contributed by atoms with van der Waals surface area (Å²) >= 11 is 0. The van der Waals surface area contributed by atoms with Crippen LogP contribution in [0.2, 0.25) is 0 Å². The maximum Gasteiger partial charge on any atom is 1.00 e. The van der Waals surface area contributed by atoms with Crippen molar-refractivity contribution in [1.29, 1.82) is 0 Å². The van der Waals surface area contributed by atoms with E-state index in [1.165, 1.54) is 0 Å². The third-order valence-corrected chi connectivity index (χ3v) is 2.74. The Hall–Kier alpha value is 0.576. The molecule has 1 atom stereocenters. The fourth-order valence-electron chi connectivity index (χ4n) is 1.63. The summed E-state index contributed by atoms with van der Waals surface area (Å²) in [7, 11) is 0.